The van der Waals surface area contributed by atoms with Crippen LogP contribution in [-0.2, 0) is 0 Å². The summed E-state index contributed by atoms with van der Waals surface area (Å²) in [7, 11) is 0. The van der Waals surface area contributed by atoms with Crippen LogP contribution in [0.25, 0.3) is 0 Å². The van der Waals surface area contributed by atoms with Crippen molar-refractivity contribution in [2.24, 2.45) is 0 Å². The van der Waals surface area contributed by atoms with E-state index in [4.69, 9.17) is 0 Å². The average molecular weight is 284 g/mol. The standard InChI is InChI=1S/C17H37N3/c1-8-19(9-2)12-11-13-20(10-3)15-16(4)14-18-17(5,6)7/h18H,4,8-15H2,1-3,5-7H3. The molecule has 0 aromatic heterocycles. The summed E-state index contributed by atoms with van der Waals surface area (Å²) in [5.74, 6) is 0. The highest BCUT2D eigenvalue weighted by Crippen LogP contribution is 2.03. The van der Waals surface area contributed by atoms with E-state index in [0.717, 1.165) is 32.7 Å². The predicted octanol–water partition coefficient (Wildman–Crippen LogP) is 2.98. The van der Waals surface area contributed by atoms with Crippen molar-refractivity contribution in [1.82, 2.24) is 15.1 Å². The van der Waals surface area contributed by atoms with Gasteiger partial charge in [-0.15, -0.1) is 0 Å². The minimum Gasteiger partial charge on any atom is -0.308 e. The van der Waals surface area contributed by atoms with E-state index >= 15 is 0 Å². The van der Waals surface area contributed by atoms with Crippen LogP contribution in [0.2, 0.25) is 0 Å². The van der Waals surface area contributed by atoms with E-state index in [0.29, 0.717) is 0 Å². The summed E-state index contributed by atoms with van der Waals surface area (Å²) >= 11 is 0. The molecule has 0 heterocycles. The Bertz CT molecular complexity index is 251. The Labute approximate surface area is 127 Å². The van der Waals surface area contributed by atoms with Crippen LogP contribution in [0.4, 0.5) is 0 Å². The molecule has 20 heavy (non-hydrogen) atoms. The zero-order chi connectivity index (χ0) is 15.6. The second kappa shape index (κ2) is 10.4. The van der Waals surface area contributed by atoms with Gasteiger partial charge in [0.15, 0.2) is 0 Å². The molecule has 0 spiro atoms. The molecule has 3 nitrogen and oxygen atoms in total. The predicted molar refractivity (Wildman–Crippen MR) is 91.4 cm³/mol. The number of nitrogens with zero attached hydrogens (tertiary/aromatic N) is 2. The molecule has 3 heteroatoms. The topological polar surface area (TPSA) is 18.5 Å². The summed E-state index contributed by atoms with van der Waals surface area (Å²) in [4.78, 5) is 4.99. The van der Waals surface area contributed by atoms with E-state index in [2.05, 4.69) is 63.2 Å². The molecule has 0 saturated carbocycles. The highest BCUT2D eigenvalue weighted by Gasteiger charge is 2.10. The Balaban J connectivity index is 3.93. The number of likely N-dealkylation sites (N-methyl/N-ethyl adjacent to an activating group) is 1. The van der Waals surface area contributed by atoms with E-state index in [9.17, 15) is 0 Å². The molecule has 0 fully saturated rings. The maximum atomic E-state index is 4.21. The molecule has 0 aliphatic heterocycles. The van der Waals surface area contributed by atoms with Gasteiger partial charge in [-0.05, 0) is 65.5 Å². The van der Waals surface area contributed by atoms with Crippen LogP contribution < -0.4 is 5.32 Å². The molecule has 0 aromatic rings. The Morgan fingerprint density at radius 1 is 0.950 bits per heavy atom. The largest absolute Gasteiger partial charge is 0.308 e. The smallest absolute Gasteiger partial charge is 0.0202 e. The molecule has 0 radical (unpaired) electrons. The lowest BCUT2D eigenvalue weighted by Gasteiger charge is -2.26. The van der Waals surface area contributed by atoms with Crippen molar-refractivity contribution >= 4 is 0 Å². The lowest BCUT2D eigenvalue weighted by atomic mass is 10.1. The van der Waals surface area contributed by atoms with Gasteiger partial charge in [0, 0.05) is 18.6 Å². The van der Waals surface area contributed by atoms with Gasteiger partial charge in [-0.1, -0.05) is 27.4 Å². The van der Waals surface area contributed by atoms with Gasteiger partial charge in [0.1, 0.15) is 0 Å². The molecule has 0 bridgehead atoms. The molecule has 120 valence electrons. The van der Waals surface area contributed by atoms with E-state index in [1.54, 1.807) is 0 Å². The normalized spacial score (nSPS) is 12.4. The zero-order valence-electron chi connectivity index (χ0n) is 14.8. The number of nitrogens with one attached hydrogen (secondary N) is 1. The summed E-state index contributed by atoms with van der Waals surface area (Å²) in [6.45, 7) is 25.2. The molecule has 0 atom stereocenters. The first-order valence-corrected chi connectivity index (χ1v) is 8.18. The van der Waals surface area contributed by atoms with E-state index in [1.807, 2.05) is 0 Å². The second-order valence-corrected chi connectivity index (χ2v) is 6.60. The van der Waals surface area contributed by atoms with Crippen LogP contribution >= 0.6 is 0 Å². The number of hydrogen-bond donors (Lipinski definition) is 1. The fraction of sp³-hybridized carbons (Fsp3) is 0.882. The number of rotatable bonds is 11. The van der Waals surface area contributed by atoms with Crippen molar-refractivity contribution in [3.63, 3.8) is 0 Å². The summed E-state index contributed by atoms with van der Waals surface area (Å²) < 4.78 is 0. The monoisotopic (exact) mass is 283 g/mol. The first-order chi connectivity index (χ1) is 9.32. The van der Waals surface area contributed by atoms with Crippen molar-refractivity contribution in [1.29, 1.82) is 0 Å². The molecule has 0 aromatic carbocycles. The van der Waals surface area contributed by atoms with Crippen LogP contribution in [0.15, 0.2) is 12.2 Å². The highest BCUT2D eigenvalue weighted by molar-refractivity contribution is 5.01. The molecular weight excluding hydrogens is 246 g/mol. The summed E-state index contributed by atoms with van der Waals surface area (Å²) in [6.07, 6.45) is 1.25. The van der Waals surface area contributed by atoms with E-state index < -0.39 is 0 Å². The van der Waals surface area contributed by atoms with Gasteiger partial charge < -0.3 is 10.2 Å². The SMILES string of the molecule is C=C(CNC(C)(C)C)CN(CC)CCCN(CC)CC. The fourth-order valence-corrected chi connectivity index (χ4v) is 2.17. The van der Waals surface area contributed by atoms with Crippen LogP contribution in [0.5, 0.6) is 0 Å². The third kappa shape index (κ3) is 10.4. The van der Waals surface area contributed by atoms with Crippen LogP contribution in [-0.4, -0.2) is 61.2 Å². The minimum atomic E-state index is 0.169. The Hall–Kier alpha value is -0.380. The van der Waals surface area contributed by atoms with Gasteiger partial charge in [-0.3, -0.25) is 4.90 Å². The summed E-state index contributed by atoms with van der Waals surface area (Å²) in [6, 6.07) is 0. The molecule has 0 aliphatic rings. The van der Waals surface area contributed by atoms with Crippen molar-refractivity contribution in [2.45, 2.75) is 53.5 Å². The first kappa shape index (κ1) is 19.6. The van der Waals surface area contributed by atoms with Crippen molar-refractivity contribution in [3.8, 4) is 0 Å². The highest BCUT2D eigenvalue weighted by atomic mass is 15.1. The zero-order valence-corrected chi connectivity index (χ0v) is 14.8. The van der Waals surface area contributed by atoms with Gasteiger partial charge in [0.2, 0.25) is 0 Å². The van der Waals surface area contributed by atoms with Gasteiger partial charge >= 0.3 is 0 Å². The molecule has 1 N–H and O–H groups in total. The van der Waals surface area contributed by atoms with Crippen LogP contribution in [0.1, 0.15) is 48.0 Å². The first-order valence-electron chi connectivity index (χ1n) is 8.18. The quantitative estimate of drug-likeness (QED) is 0.588. The molecular formula is C17H37N3. The second-order valence-electron chi connectivity index (χ2n) is 6.60. The van der Waals surface area contributed by atoms with Crippen molar-refractivity contribution < 1.29 is 0 Å². The van der Waals surface area contributed by atoms with Crippen molar-refractivity contribution in [2.75, 3.05) is 45.8 Å². The molecule has 0 saturated heterocycles. The molecule has 0 rings (SSSR count). The lowest BCUT2D eigenvalue weighted by molar-refractivity contribution is 0.252. The van der Waals surface area contributed by atoms with Gasteiger partial charge in [0.05, 0.1) is 0 Å². The third-order valence-electron chi connectivity index (χ3n) is 3.61. The average Bonchev–Trinajstić information content (AvgIpc) is 2.39. The molecule has 0 unspecified atom stereocenters. The maximum absolute atomic E-state index is 4.21. The summed E-state index contributed by atoms with van der Waals surface area (Å²) in [5, 5.41) is 3.51. The summed E-state index contributed by atoms with van der Waals surface area (Å²) in [5.41, 5.74) is 1.45. The van der Waals surface area contributed by atoms with E-state index in [1.165, 1.54) is 25.1 Å². The van der Waals surface area contributed by atoms with Gasteiger partial charge in [-0.25, -0.2) is 0 Å². The Morgan fingerprint density at radius 3 is 1.90 bits per heavy atom. The number of hydrogen-bond acceptors (Lipinski definition) is 3. The lowest BCUT2D eigenvalue weighted by Crippen LogP contribution is -2.39. The minimum absolute atomic E-state index is 0.169. The molecule has 0 amide bonds. The Kier molecular flexibility index (Phi) is 10.2. The van der Waals surface area contributed by atoms with Gasteiger partial charge in [0.25, 0.3) is 0 Å². The Morgan fingerprint density at radius 2 is 1.45 bits per heavy atom. The fourth-order valence-electron chi connectivity index (χ4n) is 2.17. The van der Waals surface area contributed by atoms with Crippen LogP contribution in [0, 0.1) is 0 Å². The molecule has 0 aliphatic carbocycles. The van der Waals surface area contributed by atoms with E-state index in [-0.39, 0.29) is 5.54 Å². The third-order valence-corrected chi connectivity index (χ3v) is 3.61. The van der Waals surface area contributed by atoms with Crippen molar-refractivity contribution in [3.05, 3.63) is 12.2 Å². The maximum Gasteiger partial charge on any atom is 0.0202 e. The van der Waals surface area contributed by atoms with Gasteiger partial charge in [-0.2, -0.15) is 0 Å². The van der Waals surface area contributed by atoms with Crippen LogP contribution in [0.3, 0.4) is 0 Å².